The minimum atomic E-state index is -0.0275. The summed E-state index contributed by atoms with van der Waals surface area (Å²) in [5.41, 5.74) is 2.10. The van der Waals surface area contributed by atoms with Crippen LogP contribution in [0.25, 0.3) is 0 Å². The summed E-state index contributed by atoms with van der Waals surface area (Å²) in [4.78, 5) is 3.44. The van der Waals surface area contributed by atoms with Crippen LogP contribution in [-0.2, 0) is 6.54 Å². The molecule has 2 aromatic carbocycles. The van der Waals surface area contributed by atoms with Crippen molar-refractivity contribution in [3.63, 3.8) is 0 Å². The van der Waals surface area contributed by atoms with Gasteiger partial charge in [-0.15, -0.1) is 11.3 Å². The van der Waals surface area contributed by atoms with Crippen LogP contribution in [0.3, 0.4) is 0 Å². The van der Waals surface area contributed by atoms with Crippen molar-refractivity contribution in [3.8, 4) is 11.5 Å². The highest BCUT2D eigenvalue weighted by Gasteiger charge is 2.24. The Bertz CT molecular complexity index is 772. The summed E-state index contributed by atoms with van der Waals surface area (Å²) in [5, 5.41) is 12.7. The number of nitrogens with zero attached hydrogens (tertiary/aromatic N) is 1. The first-order valence-corrected chi connectivity index (χ1v) is 8.72. The molecule has 0 amide bonds. The lowest BCUT2D eigenvalue weighted by Gasteiger charge is -2.28. The minimum absolute atomic E-state index is 0.0275. The summed E-state index contributed by atoms with van der Waals surface area (Å²) < 4.78 is 5.29. The predicted octanol–water partition coefficient (Wildman–Crippen LogP) is 4.68. The number of rotatable bonds is 6. The second kappa shape index (κ2) is 7.51. The number of phenols is 1. The van der Waals surface area contributed by atoms with Gasteiger partial charge in [0.05, 0.1) is 13.2 Å². The highest BCUT2D eigenvalue weighted by atomic mass is 32.1. The largest absolute Gasteiger partial charge is 0.504 e. The first-order chi connectivity index (χ1) is 11.7. The molecule has 1 atom stereocenters. The first-order valence-electron chi connectivity index (χ1n) is 7.84. The van der Waals surface area contributed by atoms with Crippen LogP contribution in [0, 0.1) is 0 Å². The van der Waals surface area contributed by atoms with Gasteiger partial charge in [0, 0.05) is 17.0 Å². The van der Waals surface area contributed by atoms with Crippen LogP contribution in [0.15, 0.2) is 66.0 Å². The molecule has 0 saturated heterocycles. The third-order valence-corrected chi connectivity index (χ3v) is 5.00. The Morgan fingerprint density at radius 2 is 1.83 bits per heavy atom. The minimum Gasteiger partial charge on any atom is -0.504 e. The maximum Gasteiger partial charge on any atom is 0.162 e. The van der Waals surface area contributed by atoms with E-state index in [1.807, 2.05) is 36.4 Å². The Balaban J connectivity index is 1.99. The zero-order chi connectivity index (χ0) is 16.9. The molecular formula is C20H21NO2S. The lowest BCUT2D eigenvalue weighted by Crippen LogP contribution is -2.24. The van der Waals surface area contributed by atoms with Crippen molar-refractivity contribution in [2.24, 2.45) is 0 Å². The number of para-hydroxylation sites is 1. The Labute approximate surface area is 146 Å². The molecule has 0 saturated carbocycles. The average molecular weight is 339 g/mol. The predicted molar refractivity (Wildman–Crippen MR) is 98.7 cm³/mol. The molecule has 1 heterocycles. The van der Waals surface area contributed by atoms with Gasteiger partial charge in [-0.3, -0.25) is 4.90 Å². The van der Waals surface area contributed by atoms with Gasteiger partial charge in [-0.1, -0.05) is 48.5 Å². The van der Waals surface area contributed by atoms with Crippen molar-refractivity contribution in [1.29, 1.82) is 0 Å². The summed E-state index contributed by atoms with van der Waals surface area (Å²) in [7, 11) is 3.66. The second-order valence-electron chi connectivity index (χ2n) is 5.72. The van der Waals surface area contributed by atoms with Crippen molar-refractivity contribution >= 4 is 11.3 Å². The van der Waals surface area contributed by atoms with Gasteiger partial charge in [0.2, 0.25) is 0 Å². The summed E-state index contributed by atoms with van der Waals surface area (Å²) in [6, 6.07) is 20.1. The van der Waals surface area contributed by atoms with Gasteiger partial charge in [-0.2, -0.15) is 0 Å². The molecule has 0 aliphatic rings. The summed E-state index contributed by atoms with van der Waals surface area (Å²) in [5.74, 6) is 0.709. The van der Waals surface area contributed by atoms with Crippen molar-refractivity contribution in [2.45, 2.75) is 12.6 Å². The normalized spacial score (nSPS) is 12.3. The van der Waals surface area contributed by atoms with Gasteiger partial charge in [0.1, 0.15) is 0 Å². The molecule has 1 unspecified atom stereocenters. The van der Waals surface area contributed by atoms with Crippen molar-refractivity contribution in [3.05, 3.63) is 82.0 Å². The molecule has 4 heteroatoms. The molecule has 3 nitrogen and oxygen atoms in total. The second-order valence-corrected chi connectivity index (χ2v) is 6.70. The van der Waals surface area contributed by atoms with Gasteiger partial charge in [-0.05, 0) is 30.1 Å². The molecule has 0 radical (unpaired) electrons. The van der Waals surface area contributed by atoms with Gasteiger partial charge in [0.15, 0.2) is 11.5 Å². The van der Waals surface area contributed by atoms with Crippen molar-refractivity contribution in [1.82, 2.24) is 4.90 Å². The Hall–Kier alpha value is -2.30. The van der Waals surface area contributed by atoms with E-state index in [4.69, 9.17) is 4.74 Å². The summed E-state index contributed by atoms with van der Waals surface area (Å²) in [6.45, 7) is 0.792. The molecule has 3 rings (SSSR count). The standard InChI is InChI=1S/C20H21NO2S/c1-21(14-15-8-4-3-5-9-15)19(18-12-7-13-24-18)16-10-6-11-17(23-2)20(16)22/h3-13,19,22H,14H2,1-2H3. The summed E-state index contributed by atoms with van der Waals surface area (Å²) in [6.07, 6.45) is 0. The molecule has 0 aliphatic carbocycles. The van der Waals surface area contributed by atoms with E-state index in [-0.39, 0.29) is 11.8 Å². The Morgan fingerprint density at radius 1 is 1.04 bits per heavy atom. The monoisotopic (exact) mass is 339 g/mol. The van der Waals surface area contributed by atoms with Crippen LogP contribution in [-0.4, -0.2) is 24.2 Å². The van der Waals surface area contributed by atoms with Crippen LogP contribution in [0.2, 0.25) is 0 Å². The third kappa shape index (κ3) is 3.45. The number of thiophene rings is 1. The molecule has 0 spiro atoms. The molecule has 0 fully saturated rings. The van der Waals surface area contributed by atoms with Crippen molar-refractivity contribution < 1.29 is 9.84 Å². The van der Waals surface area contributed by atoms with Gasteiger partial charge >= 0.3 is 0 Å². The number of ether oxygens (including phenoxy) is 1. The van der Waals surface area contributed by atoms with Crippen LogP contribution >= 0.6 is 11.3 Å². The van der Waals surface area contributed by atoms with E-state index in [2.05, 4.69) is 35.5 Å². The number of hydrogen-bond acceptors (Lipinski definition) is 4. The van der Waals surface area contributed by atoms with E-state index in [0.717, 1.165) is 12.1 Å². The molecule has 3 aromatic rings. The van der Waals surface area contributed by atoms with E-state index in [0.29, 0.717) is 5.75 Å². The molecule has 0 bridgehead atoms. The quantitative estimate of drug-likeness (QED) is 0.707. The Morgan fingerprint density at radius 3 is 2.50 bits per heavy atom. The molecule has 0 aliphatic heterocycles. The van der Waals surface area contributed by atoms with Gasteiger partial charge < -0.3 is 9.84 Å². The van der Waals surface area contributed by atoms with E-state index in [9.17, 15) is 5.11 Å². The maximum absolute atomic E-state index is 10.6. The van der Waals surface area contributed by atoms with E-state index in [1.54, 1.807) is 24.5 Å². The number of aromatic hydroxyl groups is 1. The van der Waals surface area contributed by atoms with Crippen LogP contribution in [0.1, 0.15) is 22.0 Å². The fraction of sp³-hybridized carbons (Fsp3) is 0.200. The van der Waals surface area contributed by atoms with Crippen LogP contribution < -0.4 is 4.74 Å². The number of hydrogen-bond donors (Lipinski definition) is 1. The molecule has 24 heavy (non-hydrogen) atoms. The third-order valence-electron chi connectivity index (χ3n) is 4.07. The molecule has 1 aromatic heterocycles. The van der Waals surface area contributed by atoms with Crippen LogP contribution in [0.4, 0.5) is 0 Å². The zero-order valence-corrected chi connectivity index (χ0v) is 14.7. The fourth-order valence-electron chi connectivity index (χ4n) is 2.94. The maximum atomic E-state index is 10.6. The highest BCUT2D eigenvalue weighted by Crippen LogP contribution is 2.40. The van der Waals surface area contributed by atoms with Gasteiger partial charge in [-0.25, -0.2) is 0 Å². The SMILES string of the molecule is COc1cccc(C(c2cccs2)N(C)Cc2ccccc2)c1O. The smallest absolute Gasteiger partial charge is 0.162 e. The van der Waals surface area contributed by atoms with Crippen molar-refractivity contribution in [2.75, 3.05) is 14.2 Å². The molecular weight excluding hydrogens is 318 g/mol. The zero-order valence-electron chi connectivity index (χ0n) is 13.8. The van der Waals surface area contributed by atoms with Gasteiger partial charge in [0.25, 0.3) is 0 Å². The summed E-state index contributed by atoms with van der Waals surface area (Å²) >= 11 is 1.69. The Kier molecular flexibility index (Phi) is 5.18. The lowest BCUT2D eigenvalue weighted by molar-refractivity contribution is 0.266. The lowest BCUT2D eigenvalue weighted by atomic mass is 10.0. The number of benzene rings is 2. The average Bonchev–Trinajstić information content (AvgIpc) is 3.12. The number of phenolic OH excluding ortho intramolecular Hbond substituents is 1. The first kappa shape index (κ1) is 16.6. The fourth-order valence-corrected chi connectivity index (χ4v) is 3.85. The molecule has 124 valence electrons. The topological polar surface area (TPSA) is 32.7 Å². The highest BCUT2D eigenvalue weighted by molar-refractivity contribution is 7.10. The molecule has 1 N–H and O–H groups in total. The van der Waals surface area contributed by atoms with Crippen LogP contribution in [0.5, 0.6) is 11.5 Å². The van der Waals surface area contributed by atoms with E-state index in [1.165, 1.54) is 10.4 Å². The van der Waals surface area contributed by atoms with E-state index >= 15 is 0 Å². The number of methoxy groups -OCH3 is 1. The van der Waals surface area contributed by atoms with E-state index < -0.39 is 0 Å².